The lowest BCUT2D eigenvalue weighted by atomic mass is 9.99. The lowest BCUT2D eigenvalue weighted by Crippen LogP contribution is -2.21. The quantitative estimate of drug-likeness (QED) is 0.671. The molecule has 0 aliphatic carbocycles. The van der Waals surface area contributed by atoms with Crippen molar-refractivity contribution >= 4 is 28.6 Å². The Bertz CT molecular complexity index is 954. The number of nitrogens with one attached hydrogen (secondary N) is 1. The van der Waals surface area contributed by atoms with Crippen molar-refractivity contribution in [3.05, 3.63) is 66.0 Å². The van der Waals surface area contributed by atoms with Crippen LogP contribution in [-0.4, -0.2) is 28.5 Å². The number of esters is 1. The van der Waals surface area contributed by atoms with Crippen molar-refractivity contribution in [1.29, 1.82) is 0 Å². The van der Waals surface area contributed by atoms with E-state index in [1.807, 2.05) is 24.3 Å². The van der Waals surface area contributed by atoms with E-state index in [4.69, 9.17) is 4.74 Å². The van der Waals surface area contributed by atoms with E-state index in [0.29, 0.717) is 28.2 Å². The van der Waals surface area contributed by atoms with Crippen LogP contribution in [0.2, 0.25) is 0 Å². The normalized spacial score (nSPS) is 11.8. The number of benzene rings is 2. The lowest BCUT2D eigenvalue weighted by molar-refractivity contribution is -0.119. The second kappa shape index (κ2) is 8.40. The molecule has 2 aromatic carbocycles. The van der Waals surface area contributed by atoms with Gasteiger partial charge >= 0.3 is 5.97 Å². The van der Waals surface area contributed by atoms with Gasteiger partial charge in [0.2, 0.25) is 0 Å². The number of aromatic nitrogens is 2. The van der Waals surface area contributed by atoms with E-state index in [1.165, 1.54) is 5.56 Å². The van der Waals surface area contributed by atoms with Crippen LogP contribution in [-0.2, 0) is 9.53 Å². The molecule has 3 aromatic rings. The van der Waals surface area contributed by atoms with Gasteiger partial charge in [0, 0.05) is 18.1 Å². The second-order valence-corrected chi connectivity index (χ2v) is 6.32. The Balaban J connectivity index is 1.55. The van der Waals surface area contributed by atoms with E-state index in [9.17, 15) is 9.59 Å². The molecule has 6 heteroatoms. The first-order valence-corrected chi connectivity index (χ1v) is 8.84. The molecule has 1 N–H and O–H groups in total. The van der Waals surface area contributed by atoms with Gasteiger partial charge in [-0.15, -0.1) is 0 Å². The standard InChI is InChI=1S/C21H21N3O3/c1-3-14(2)15-4-7-17(8-5-15)24-20(25)13-27-21(26)16-6-9-18-19(12-16)23-11-10-22-18/h4-12,14H,3,13H2,1-2H3,(H,24,25)/t14-/m0/s1. The smallest absolute Gasteiger partial charge is 0.338 e. The number of nitrogens with zero attached hydrogens (tertiary/aromatic N) is 2. The zero-order valence-electron chi connectivity index (χ0n) is 15.3. The van der Waals surface area contributed by atoms with Crippen LogP contribution in [0, 0.1) is 0 Å². The Morgan fingerprint density at radius 1 is 1.04 bits per heavy atom. The van der Waals surface area contributed by atoms with Gasteiger partial charge in [-0.05, 0) is 48.2 Å². The van der Waals surface area contributed by atoms with Crippen molar-refractivity contribution < 1.29 is 14.3 Å². The zero-order valence-corrected chi connectivity index (χ0v) is 15.3. The molecular formula is C21H21N3O3. The number of hydrogen-bond donors (Lipinski definition) is 1. The molecule has 0 saturated heterocycles. The van der Waals surface area contributed by atoms with Gasteiger partial charge in [-0.2, -0.15) is 0 Å². The molecule has 1 heterocycles. The molecule has 0 unspecified atom stereocenters. The molecule has 1 amide bonds. The predicted molar refractivity (Wildman–Crippen MR) is 104 cm³/mol. The number of fused-ring (bicyclic) bond motifs is 1. The summed E-state index contributed by atoms with van der Waals surface area (Å²) in [6.07, 6.45) is 4.19. The predicted octanol–water partition coefficient (Wildman–Crippen LogP) is 3.94. The summed E-state index contributed by atoms with van der Waals surface area (Å²) in [4.78, 5) is 32.5. The van der Waals surface area contributed by atoms with Gasteiger partial charge in [-0.25, -0.2) is 4.79 Å². The number of rotatable bonds is 6. The van der Waals surface area contributed by atoms with Crippen molar-refractivity contribution in [2.75, 3.05) is 11.9 Å². The molecule has 0 saturated carbocycles. The molecule has 0 fully saturated rings. The zero-order chi connectivity index (χ0) is 19.2. The molecule has 0 spiro atoms. The van der Waals surface area contributed by atoms with Gasteiger partial charge in [0.25, 0.3) is 5.91 Å². The maximum absolute atomic E-state index is 12.1. The van der Waals surface area contributed by atoms with Crippen LogP contribution in [0.3, 0.4) is 0 Å². The van der Waals surface area contributed by atoms with Crippen LogP contribution < -0.4 is 5.32 Å². The highest BCUT2D eigenvalue weighted by molar-refractivity contribution is 5.97. The highest BCUT2D eigenvalue weighted by atomic mass is 16.5. The molecule has 27 heavy (non-hydrogen) atoms. The molecule has 1 aromatic heterocycles. The number of carbonyl (C=O) groups is 2. The van der Waals surface area contributed by atoms with E-state index in [-0.39, 0.29) is 12.5 Å². The maximum atomic E-state index is 12.1. The number of ether oxygens (including phenoxy) is 1. The maximum Gasteiger partial charge on any atom is 0.338 e. The van der Waals surface area contributed by atoms with Crippen LogP contribution >= 0.6 is 0 Å². The fraction of sp³-hybridized carbons (Fsp3) is 0.238. The van der Waals surface area contributed by atoms with Crippen LogP contribution in [0.25, 0.3) is 11.0 Å². The van der Waals surface area contributed by atoms with Crippen LogP contribution in [0.4, 0.5) is 5.69 Å². The first kappa shape index (κ1) is 18.5. The minimum absolute atomic E-state index is 0.328. The first-order chi connectivity index (χ1) is 13.1. The first-order valence-electron chi connectivity index (χ1n) is 8.84. The number of amides is 1. The Morgan fingerprint density at radius 3 is 2.44 bits per heavy atom. The molecule has 0 radical (unpaired) electrons. The molecule has 0 bridgehead atoms. The fourth-order valence-corrected chi connectivity index (χ4v) is 2.63. The van der Waals surface area contributed by atoms with Gasteiger partial charge in [0.05, 0.1) is 16.6 Å². The largest absolute Gasteiger partial charge is 0.452 e. The van der Waals surface area contributed by atoms with Gasteiger partial charge in [0.1, 0.15) is 0 Å². The van der Waals surface area contributed by atoms with Crippen molar-refractivity contribution in [3.8, 4) is 0 Å². The van der Waals surface area contributed by atoms with Gasteiger partial charge in [-0.1, -0.05) is 26.0 Å². The third kappa shape index (κ3) is 4.67. The van der Waals surface area contributed by atoms with Crippen LogP contribution in [0.15, 0.2) is 54.9 Å². The Kier molecular flexibility index (Phi) is 5.76. The van der Waals surface area contributed by atoms with E-state index >= 15 is 0 Å². The summed E-state index contributed by atoms with van der Waals surface area (Å²) >= 11 is 0. The SMILES string of the molecule is CC[C@H](C)c1ccc(NC(=O)COC(=O)c2ccc3nccnc3c2)cc1. The minimum Gasteiger partial charge on any atom is -0.452 e. The van der Waals surface area contributed by atoms with E-state index in [0.717, 1.165) is 6.42 Å². The molecule has 1 atom stereocenters. The summed E-state index contributed by atoms with van der Waals surface area (Å²) in [5, 5.41) is 2.72. The Labute approximate surface area is 157 Å². The molecule has 6 nitrogen and oxygen atoms in total. The van der Waals surface area contributed by atoms with Crippen molar-refractivity contribution in [2.45, 2.75) is 26.2 Å². The van der Waals surface area contributed by atoms with Crippen LogP contribution in [0.5, 0.6) is 0 Å². The summed E-state index contributed by atoms with van der Waals surface area (Å²) < 4.78 is 5.09. The summed E-state index contributed by atoms with van der Waals surface area (Å²) in [5.41, 5.74) is 3.50. The fourth-order valence-electron chi connectivity index (χ4n) is 2.63. The van der Waals surface area contributed by atoms with Crippen molar-refractivity contribution in [3.63, 3.8) is 0 Å². The average molecular weight is 363 g/mol. The summed E-state index contributed by atoms with van der Waals surface area (Å²) in [6, 6.07) is 12.6. The second-order valence-electron chi connectivity index (χ2n) is 6.32. The Morgan fingerprint density at radius 2 is 1.74 bits per heavy atom. The topological polar surface area (TPSA) is 81.2 Å². The molecular weight excluding hydrogens is 342 g/mol. The van der Waals surface area contributed by atoms with Gasteiger partial charge in [0.15, 0.2) is 6.61 Å². The van der Waals surface area contributed by atoms with Crippen molar-refractivity contribution in [2.24, 2.45) is 0 Å². The number of anilines is 1. The van der Waals surface area contributed by atoms with Gasteiger partial charge in [-0.3, -0.25) is 14.8 Å². The van der Waals surface area contributed by atoms with Crippen molar-refractivity contribution in [1.82, 2.24) is 9.97 Å². The minimum atomic E-state index is -0.579. The number of carbonyl (C=O) groups excluding carboxylic acids is 2. The molecule has 3 rings (SSSR count). The number of hydrogen-bond acceptors (Lipinski definition) is 5. The van der Waals surface area contributed by atoms with E-state index < -0.39 is 5.97 Å². The summed E-state index contributed by atoms with van der Waals surface area (Å²) in [7, 11) is 0. The highest BCUT2D eigenvalue weighted by Gasteiger charge is 2.12. The Hall–Kier alpha value is -3.28. The molecule has 0 aliphatic rings. The highest BCUT2D eigenvalue weighted by Crippen LogP contribution is 2.20. The van der Waals surface area contributed by atoms with Gasteiger partial charge < -0.3 is 10.1 Å². The average Bonchev–Trinajstić information content (AvgIpc) is 2.71. The monoisotopic (exact) mass is 363 g/mol. The molecule has 138 valence electrons. The summed E-state index contributed by atoms with van der Waals surface area (Å²) in [6.45, 7) is 3.94. The van der Waals surface area contributed by atoms with E-state index in [2.05, 4.69) is 29.1 Å². The third-order valence-electron chi connectivity index (χ3n) is 4.42. The van der Waals surface area contributed by atoms with Crippen LogP contribution in [0.1, 0.15) is 42.1 Å². The lowest BCUT2D eigenvalue weighted by Gasteiger charge is -2.11. The van der Waals surface area contributed by atoms with E-state index in [1.54, 1.807) is 30.6 Å². The summed E-state index contributed by atoms with van der Waals surface area (Å²) in [5.74, 6) is -0.493. The third-order valence-corrected chi connectivity index (χ3v) is 4.42. The molecule has 0 aliphatic heterocycles.